The summed E-state index contributed by atoms with van der Waals surface area (Å²) in [6.07, 6.45) is 0.952. The Hall–Kier alpha value is -1.51. The predicted molar refractivity (Wildman–Crippen MR) is 55.1 cm³/mol. The molecule has 0 spiro atoms. The van der Waals surface area contributed by atoms with Gasteiger partial charge in [-0.25, -0.2) is 4.79 Å². The highest BCUT2D eigenvalue weighted by molar-refractivity contribution is 5.89. The van der Waals surface area contributed by atoms with Gasteiger partial charge in [0.2, 0.25) is 0 Å². The molecule has 1 heterocycles. The number of aryl methyl sites for hydroxylation is 1. The van der Waals surface area contributed by atoms with Gasteiger partial charge in [0.05, 0.1) is 5.56 Å². The van der Waals surface area contributed by atoms with Crippen LogP contribution in [0.3, 0.4) is 0 Å². The molecule has 1 aliphatic heterocycles. The van der Waals surface area contributed by atoms with Gasteiger partial charge in [0, 0.05) is 19.3 Å². The van der Waals surface area contributed by atoms with E-state index >= 15 is 0 Å². The zero-order valence-electron chi connectivity index (χ0n) is 8.37. The molecular weight excluding hydrogens is 178 g/mol. The number of carboxylic acids is 1. The lowest BCUT2D eigenvalue weighted by molar-refractivity contribution is 0.0696. The second-order valence-corrected chi connectivity index (χ2v) is 3.78. The fourth-order valence-electron chi connectivity index (χ4n) is 2.11. The smallest absolute Gasteiger partial charge is 0.335 e. The summed E-state index contributed by atoms with van der Waals surface area (Å²) in [4.78, 5) is 13.0. The summed E-state index contributed by atoms with van der Waals surface area (Å²) in [6, 6.07) is 3.52. The molecule has 0 unspecified atom stereocenters. The molecule has 2 rings (SSSR count). The Kier molecular flexibility index (Phi) is 1.95. The van der Waals surface area contributed by atoms with E-state index in [0.717, 1.165) is 24.1 Å². The number of carboxylic acid groups (broad SMARTS) is 1. The van der Waals surface area contributed by atoms with Gasteiger partial charge >= 0.3 is 5.97 Å². The second-order valence-electron chi connectivity index (χ2n) is 3.78. The fourth-order valence-corrected chi connectivity index (χ4v) is 2.11. The molecule has 0 saturated carbocycles. The SMILES string of the molecule is Cc1cc(C(=O)O)cc2c1N(C)CC2. The predicted octanol–water partition coefficient (Wildman–Crippen LogP) is 1.69. The van der Waals surface area contributed by atoms with Crippen LogP contribution >= 0.6 is 0 Å². The number of anilines is 1. The van der Waals surface area contributed by atoms with Crippen LogP contribution in [0, 0.1) is 6.92 Å². The number of rotatable bonds is 1. The highest BCUT2D eigenvalue weighted by Crippen LogP contribution is 2.31. The van der Waals surface area contributed by atoms with Gasteiger partial charge in [-0.1, -0.05) is 0 Å². The van der Waals surface area contributed by atoms with E-state index in [1.165, 1.54) is 5.69 Å². The molecule has 0 bridgehead atoms. The van der Waals surface area contributed by atoms with Crippen molar-refractivity contribution in [3.8, 4) is 0 Å². The Bertz CT molecular complexity index is 399. The summed E-state index contributed by atoms with van der Waals surface area (Å²) in [5.41, 5.74) is 3.82. The monoisotopic (exact) mass is 191 g/mol. The quantitative estimate of drug-likeness (QED) is 0.734. The average molecular weight is 191 g/mol. The van der Waals surface area contributed by atoms with Gasteiger partial charge in [-0.05, 0) is 36.6 Å². The second kappa shape index (κ2) is 3.01. The molecule has 0 fully saturated rings. The summed E-state index contributed by atoms with van der Waals surface area (Å²) >= 11 is 0. The van der Waals surface area contributed by atoms with E-state index in [0.29, 0.717) is 5.56 Å². The van der Waals surface area contributed by atoms with E-state index in [4.69, 9.17) is 5.11 Å². The molecule has 0 amide bonds. The number of hydrogen-bond donors (Lipinski definition) is 1. The first-order valence-corrected chi connectivity index (χ1v) is 4.67. The number of carbonyl (C=O) groups is 1. The zero-order chi connectivity index (χ0) is 10.3. The lowest BCUT2D eigenvalue weighted by atomic mass is 10.0. The Labute approximate surface area is 83.0 Å². The first-order chi connectivity index (χ1) is 6.59. The largest absolute Gasteiger partial charge is 0.478 e. The van der Waals surface area contributed by atoms with Gasteiger partial charge in [-0.15, -0.1) is 0 Å². The van der Waals surface area contributed by atoms with Gasteiger partial charge in [0.25, 0.3) is 0 Å². The van der Waals surface area contributed by atoms with Crippen LogP contribution in [0.1, 0.15) is 21.5 Å². The molecule has 1 aromatic carbocycles. The third-order valence-corrected chi connectivity index (χ3v) is 2.72. The third-order valence-electron chi connectivity index (χ3n) is 2.72. The normalized spacial score (nSPS) is 14.3. The first-order valence-electron chi connectivity index (χ1n) is 4.67. The molecule has 0 saturated heterocycles. The number of benzene rings is 1. The van der Waals surface area contributed by atoms with Crippen molar-refractivity contribution in [1.29, 1.82) is 0 Å². The van der Waals surface area contributed by atoms with Crippen LogP contribution in [-0.2, 0) is 6.42 Å². The van der Waals surface area contributed by atoms with Crippen molar-refractivity contribution < 1.29 is 9.90 Å². The number of hydrogen-bond acceptors (Lipinski definition) is 2. The van der Waals surface area contributed by atoms with Gasteiger partial charge in [-0.2, -0.15) is 0 Å². The molecule has 0 aliphatic carbocycles. The molecule has 3 heteroatoms. The van der Waals surface area contributed by atoms with Crippen LogP contribution in [0.5, 0.6) is 0 Å². The molecule has 1 N–H and O–H groups in total. The Morgan fingerprint density at radius 3 is 2.86 bits per heavy atom. The van der Waals surface area contributed by atoms with Crippen molar-refractivity contribution in [2.24, 2.45) is 0 Å². The van der Waals surface area contributed by atoms with E-state index in [1.807, 2.05) is 14.0 Å². The van der Waals surface area contributed by atoms with Crippen LogP contribution in [0.25, 0.3) is 0 Å². The Balaban J connectivity index is 2.57. The fraction of sp³-hybridized carbons (Fsp3) is 0.364. The molecule has 0 atom stereocenters. The zero-order valence-corrected chi connectivity index (χ0v) is 8.37. The highest BCUT2D eigenvalue weighted by Gasteiger charge is 2.19. The summed E-state index contributed by atoms with van der Waals surface area (Å²) < 4.78 is 0. The molecule has 1 aliphatic rings. The van der Waals surface area contributed by atoms with Crippen molar-refractivity contribution in [3.63, 3.8) is 0 Å². The van der Waals surface area contributed by atoms with E-state index in [1.54, 1.807) is 12.1 Å². The third kappa shape index (κ3) is 1.25. The maximum absolute atomic E-state index is 10.8. The van der Waals surface area contributed by atoms with Gasteiger partial charge in [0.15, 0.2) is 0 Å². The summed E-state index contributed by atoms with van der Waals surface area (Å²) in [5, 5.41) is 8.89. The van der Waals surface area contributed by atoms with Crippen molar-refractivity contribution in [3.05, 3.63) is 28.8 Å². The topological polar surface area (TPSA) is 40.5 Å². The maximum atomic E-state index is 10.8. The average Bonchev–Trinajstić information content (AvgIpc) is 2.48. The van der Waals surface area contributed by atoms with E-state index in [9.17, 15) is 4.79 Å². The molecule has 0 aromatic heterocycles. The van der Waals surface area contributed by atoms with Crippen molar-refractivity contribution in [2.45, 2.75) is 13.3 Å². The molecule has 14 heavy (non-hydrogen) atoms. The molecule has 3 nitrogen and oxygen atoms in total. The Morgan fingerprint density at radius 1 is 1.50 bits per heavy atom. The highest BCUT2D eigenvalue weighted by atomic mass is 16.4. The molecule has 1 aromatic rings. The van der Waals surface area contributed by atoms with E-state index in [-0.39, 0.29) is 0 Å². The van der Waals surface area contributed by atoms with Crippen molar-refractivity contribution in [1.82, 2.24) is 0 Å². The summed E-state index contributed by atoms with van der Waals surface area (Å²) in [6.45, 7) is 2.95. The molecule has 74 valence electrons. The lowest BCUT2D eigenvalue weighted by Crippen LogP contribution is -2.13. The Morgan fingerprint density at radius 2 is 2.21 bits per heavy atom. The molecule has 0 radical (unpaired) electrons. The minimum absolute atomic E-state index is 0.400. The van der Waals surface area contributed by atoms with Crippen LogP contribution in [0.4, 0.5) is 5.69 Å². The minimum atomic E-state index is -0.842. The van der Waals surface area contributed by atoms with E-state index in [2.05, 4.69) is 4.90 Å². The van der Waals surface area contributed by atoms with E-state index < -0.39 is 5.97 Å². The molecular formula is C11H13NO2. The summed E-state index contributed by atoms with van der Waals surface area (Å²) in [7, 11) is 2.04. The number of nitrogens with zero attached hydrogens (tertiary/aromatic N) is 1. The van der Waals surface area contributed by atoms with Crippen LogP contribution in [0.15, 0.2) is 12.1 Å². The lowest BCUT2D eigenvalue weighted by Gasteiger charge is -2.15. The minimum Gasteiger partial charge on any atom is -0.478 e. The van der Waals surface area contributed by atoms with Crippen LogP contribution in [0.2, 0.25) is 0 Å². The van der Waals surface area contributed by atoms with Crippen LogP contribution in [-0.4, -0.2) is 24.7 Å². The number of likely N-dealkylation sites (N-methyl/N-ethyl adjacent to an activating group) is 1. The first kappa shape index (κ1) is 9.06. The van der Waals surface area contributed by atoms with Gasteiger partial charge < -0.3 is 10.0 Å². The maximum Gasteiger partial charge on any atom is 0.335 e. The van der Waals surface area contributed by atoms with Gasteiger partial charge in [0.1, 0.15) is 0 Å². The van der Waals surface area contributed by atoms with Crippen LogP contribution < -0.4 is 4.90 Å². The van der Waals surface area contributed by atoms with Crippen molar-refractivity contribution in [2.75, 3.05) is 18.5 Å². The number of aromatic carboxylic acids is 1. The summed E-state index contributed by atoms with van der Waals surface area (Å²) in [5.74, 6) is -0.842. The van der Waals surface area contributed by atoms with Crippen molar-refractivity contribution >= 4 is 11.7 Å². The number of fused-ring (bicyclic) bond motifs is 1. The standard InChI is InChI=1S/C11H13NO2/c1-7-5-9(11(13)14)6-8-3-4-12(2)10(7)8/h5-6H,3-4H2,1-2H3,(H,13,14). The van der Waals surface area contributed by atoms with Gasteiger partial charge in [-0.3, -0.25) is 0 Å².